The van der Waals surface area contributed by atoms with Crippen LogP contribution < -0.4 is 15.0 Å². The summed E-state index contributed by atoms with van der Waals surface area (Å²) in [5.41, 5.74) is 3.53. The highest BCUT2D eigenvalue weighted by atomic mass is 32.2. The number of para-hydroxylation sites is 1. The molecule has 0 saturated carbocycles. The van der Waals surface area contributed by atoms with Crippen LogP contribution in [0.3, 0.4) is 0 Å². The molecule has 2 heterocycles. The van der Waals surface area contributed by atoms with Crippen molar-refractivity contribution >= 4 is 35.0 Å². The van der Waals surface area contributed by atoms with Crippen LogP contribution in [0, 0.1) is 6.92 Å². The fraction of sp³-hybridized carbons (Fsp3) is 0.241. The molecular formula is C29H29N5O4S. The van der Waals surface area contributed by atoms with Crippen molar-refractivity contribution in [1.82, 2.24) is 15.1 Å². The molecular weight excluding hydrogens is 514 g/mol. The predicted octanol–water partition coefficient (Wildman–Crippen LogP) is 4.65. The SMILES string of the molecule is Cc1ccccc1C(=O)N1CCN(c2ccc(NC(=O)CSc3nnc(COc4ccccc4)o3)cc2)CC1. The number of aromatic nitrogens is 2. The smallest absolute Gasteiger partial charge is 0.277 e. The maximum Gasteiger partial charge on any atom is 0.277 e. The van der Waals surface area contributed by atoms with Crippen molar-refractivity contribution < 1.29 is 18.7 Å². The molecule has 4 aromatic rings. The average molecular weight is 544 g/mol. The number of carbonyl (C=O) groups is 2. The Bertz CT molecular complexity index is 1400. The summed E-state index contributed by atoms with van der Waals surface area (Å²) in [7, 11) is 0. The van der Waals surface area contributed by atoms with Gasteiger partial charge in [0.1, 0.15) is 5.75 Å². The second-order valence-electron chi connectivity index (χ2n) is 9.04. The van der Waals surface area contributed by atoms with E-state index >= 15 is 0 Å². The number of hydrogen-bond donors (Lipinski definition) is 1. The van der Waals surface area contributed by atoms with E-state index in [-0.39, 0.29) is 24.2 Å². The first-order valence-electron chi connectivity index (χ1n) is 12.7. The molecule has 0 bridgehead atoms. The Labute approximate surface area is 231 Å². The lowest BCUT2D eigenvalue weighted by Crippen LogP contribution is -2.48. The number of nitrogens with one attached hydrogen (secondary N) is 1. The molecule has 0 unspecified atom stereocenters. The van der Waals surface area contributed by atoms with Crippen LogP contribution in [0.15, 0.2) is 88.5 Å². The van der Waals surface area contributed by atoms with E-state index in [9.17, 15) is 9.59 Å². The van der Waals surface area contributed by atoms with Crippen molar-refractivity contribution in [3.63, 3.8) is 0 Å². The molecule has 0 aliphatic carbocycles. The molecule has 1 aliphatic rings. The van der Waals surface area contributed by atoms with Gasteiger partial charge in [-0.2, -0.15) is 0 Å². The van der Waals surface area contributed by atoms with Gasteiger partial charge in [0, 0.05) is 43.1 Å². The number of rotatable bonds is 9. The zero-order valence-electron chi connectivity index (χ0n) is 21.6. The van der Waals surface area contributed by atoms with Gasteiger partial charge in [0.2, 0.25) is 5.91 Å². The summed E-state index contributed by atoms with van der Waals surface area (Å²) in [6.07, 6.45) is 0. The molecule has 1 aromatic heterocycles. The zero-order valence-corrected chi connectivity index (χ0v) is 22.4. The molecule has 0 atom stereocenters. The molecule has 1 saturated heterocycles. The van der Waals surface area contributed by atoms with Gasteiger partial charge >= 0.3 is 0 Å². The second-order valence-corrected chi connectivity index (χ2v) is 9.97. The highest BCUT2D eigenvalue weighted by Crippen LogP contribution is 2.22. The number of aryl methyl sites for hydroxylation is 1. The number of thioether (sulfide) groups is 1. The van der Waals surface area contributed by atoms with Gasteiger partial charge in [0.15, 0.2) is 6.61 Å². The van der Waals surface area contributed by atoms with Crippen molar-refractivity contribution in [3.8, 4) is 5.75 Å². The first-order chi connectivity index (χ1) is 19.0. The van der Waals surface area contributed by atoms with E-state index in [1.165, 1.54) is 11.8 Å². The van der Waals surface area contributed by atoms with E-state index < -0.39 is 0 Å². The van der Waals surface area contributed by atoms with Crippen LogP contribution in [0.25, 0.3) is 0 Å². The van der Waals surface area contributed by atoms with Gasteiger partial charge in [-0.1, -0.05) is 48.2 Å². The van der Waals surface area contributed by atoms with Gasteiger partial charge in [-0.25, -0.2) is 0 Å². The fourth-order valence-corrected chi connectivity index (χ4v) is 4.83. The van der Waals surface area contributed by atoms with Gasteiger partial charge < -0.3 is 24.3 Å². The summed E-state index contributed by atoms with van der Waals surface area (Å²) >= 11 is 1.17. The molecule has 10 heteroatoms. The van der Waals surface area contributed by atoms with Crippen molar-refractivity contribution in [2.45, 2.75) is 18.8 Å². The van der Waals surface area contributed by atoms with Crippen LogP contribution in [-0.4, -0.2) is 58.8 Å². The first-order valence-corrected chi connectivity index (χ1v) is 13.7. The zero-order chi connectivity index (χ0) is 27.0. The van der Waals surface area contributed by atoms with Gasteiger partial charge in [-0.15, -0.1) is 10.2 Å². The van der Waals surface area contributed by atoms with Crippen molar-refractivity contribution in [2.24, 2.45) is 0 Å². The highest BCUT2D eigenvalue weighted by molar-refractivity contribution is 7.99. The molecule has 1 aliphatic heterocycles. The number of ether oxygens (including phenoxy) is 1. The normalized spacial score (nSPS) is 13.3. The highest BCUT2D eigenvalue weighted by Gasteiger charge is 2.23. The fourth-order valence-electron chi connectivity index (χ4n) is 4.25. The number of hydrogen-bond acceptors (Lipinski definition) is 8. The van der Waals surface area contributed by atoms with E-state index in [1.807, 2.05) is 90.7 Å². The van der Waals surface area contributed by atoms with Crippen molar-refractivity contribution in [2.75, 3.05) is 42.1 Å². The summed E-state index contributed by atoms with van der Waals surface area (Å²) < 4.78 is 11.1. The molecule has 1 N–H and O–H groups in total. The Balaban J connectivity index is 1.05. The van der Waals surface area contributed by atoms with E-state index in [4.69, 9.17) is 9.15 Å². The molecule has 1 fully saturated rings. The molecule has 200 valence electrons. The Morgan fingerprint density at radius 3 is 2.38 bits per heavy atom. The summed E-state index contributed by atoms with van der Waals surface area (Å²) in [6.45, 7) is 4.96. The Morgan fingerprint density at radius 2 is 1.64 bits per heavy atom. The summed E-state index contributed by atoms with van der Waals surface area (Å²) in [5.74, 6) is 1.11. The lowest BCUT2D eigenvalue weighted by Gasteiger charge is -2.36. The Hall–Kier alpha value is -4.31. The van der Waals surface area contributed by atoms with Crippen LogP contribution in [0.5, 0.6) is 5.75 Å². The summed E-state index contributed by atoms with van der Waals surface area (Å²) in [5, 5.41) is 11.1. The topological polar surface area (TPSA) is 101 Å². The number of carbonyl (C=O) groups excluding carboxylic acids is 2. The van der Waals surface area contributed by atoms with E-state index in [2.05, 4.69) is 20.4 Å². The third-order valence-corrected chi connectivity index (χ3v) is 7.16. The van der Waals surface area contributed by atoms with E-state index in [0.717, 1.165) is 29.9 Å². The Kier molecular flexibility index (Phi) is 8.42. The monoisotopic (exact) mass is 543 g/mol. The van der Waals surface area contributed by atoms with Gasteiger partial charge in [-0.05, 0) is 55.0 Å². The summed E-state index contributed by atoms with van der Waals surface area (Å²) in [4.78, 5) is 29.5. The molecule has 3 aromatic carbocycles. The lowest BCUT2D eigenvalue weighted by atomic mass is 10.1. The van der Waals surface area contributed by atoms with Crippen LogP contribution >= 0.6 is 11.8 Å². The first kappa shape index (κ1) is 26.3. The number of amides is 2. The average Bonchev–Trinajstić information content (AvgIpc) is 3.44. The number of anilines is 2. The lowest BCUT2D eigenvalue weighted by molar-refractivity contribution is -0.113. The molecule has 9 nitrogen and oxygen atoms in total. The van der Waals surface area contributed by atoms with Crippen LogP contribution in [0.1, 0.15) is 21.8 Å². The molecule has 5 rings (SSSR count). The minimum absolute atomic E-state index is 0.0842. The van der Waals surface area contributed by atoms with Gasteiger partial charge in [0.25, 0.3) is 17.0 Å². The second kappa shape index (κ2) is 12.5. The quantitative estimate of drug-likeness (QED) is 0.305. The van der Waals surface area contributed by atoms with Crippen molar-refractivity contribution in [1.29, 1.82) is 0 Å². The van der Waals surface area contributed by atoms with E-state index in [1.54, 1.807) is 0 Å². The third kappa shape index (κ3) is 6.97. The third-order valence-electron chi connectivity index (χ3n) is 6.34. The maximum atomic E-state index is 12.9. The van der Waals surface area contributed by atoms with Crippen LogP contribution in [0.4, 0.5) is 11.4 Å². The van der Waals surface area contributed by atoms with Crippen molar-refractivity contribution in [3.05, 3.63) is 95.9 Å². The number of benzene rings is 3. The molecule has 0 radical (unpaired) electrons. The Morgan fingerprint density at radius 1 is 0.923 bits per heavy atom. The standard InChI is InChI=1S/C29H29N5O4S/c1-21-7-5-6-10-25(21)28(36)34-17-15-33(16-18-34)23-13-11-22(12-14-23)30-26(35)20-39-29-32-31-27(38-29)19-37-24-8-3-2-4-9-24/h2-14H,15-20H2,1H3,(H,30,35). The maximum absolute atomic E-state index is 12.9. The number of nitrogens with zero attached hydrogens (tertiary/aromatic N) is 4. The molecule has 0 spiro atoms. The minimum Gasteiger partial charge on any atom is -0.484 e. The van der Waals surface area contributed by atoms with Gasteiger partial charge in [0.05, 0.1) is 5.75 Å². The van der Waals surface area contributed by atoms with Gasteiger partial charge in [-0.3, -0.25) is 9.59 Å². The predicted molar refractivity (Wildman–Crippen MR) is 150 cm³/mol. The molecule has 39 heavy (non-hydrogen) atoms. The largest absolute Gasteiger partial charge is 0.484 e. The van der Waals surface area contributed by atoms with Crippen LogP contribution in [0.2, 0.25) is 0 Å². The summed E-state index contributed by atoms with van der Waals surface area (Å²) in [6, 6.07) is 24.8. The van der Waals surface area contributed by atoms with Crippen LogP contribution in [-0.2, 0) is 11.4 Å². The van der Waals surface area contributed by atoms with E-state index in [0.29, 0.717) is 35.6 Å². The number of piperazine rings is 1. The molecule has 2 amide bonds. The minimum atomic E-state index is -0.170.